The van der Waals surface area contributed by atoms with Crippen LogP contribution in [0.1, 0.15) is 5.56 Å². The molecule has 0 amide bonds. The molecule has 11 heteroatoms. The predicted molar refractivity (Wildman–Crippen MR) is 111 cm³/mol. The quantitative estimate of drug-likeness (QED) is 0.441. The maximum atomic E-state index is 13.4. The van der Waals surface area contributed by atoms with Crippen LogP contribution in [0.25, 0.3) is 0 Å². The van der Waals surface area contributed by atoms with Gasteiger partial charge in [0.25, 0.3) is 0 Å². The van der Waals surface area contributed by atoms with Crippen molar-refractivity contribution in [3.63, 3.8) is 0 Å². The predicted octanol–water partition coefficient (Wildman–Crippen LogP) is 2.46. The van der Waals surface area contributed by atoms with Crippen LogP contribution < -0.4 is 20.1 Å². The number of halogens is 1. The van der Waals surface area contributed by atoms with Gasteiger partial charge in [0.2, 0.25) is 10.0 Å². The summed E-state index contributed by atoms with van der Waals surface area (Å²) in [5, 5.41) is 14.1. The molecule has 2 heterocycles. The number of rotatable bonds is 9. The number of ether oxygens (including phenoxy) is 1. The van der Waals surface area contributed by atoms with Gasteiger partial charge in [0.15, 0.2) is 5.82 Å². The van der Waals surface area contributed by atoms with E-state index in [0.29, 0.717) is 17.5 Å². The fourth-order valence-electron chi connectivity index (χ4n) is 2.48. The number of aryl methyl sites for hydroxylation is 1. The fourth-order valence-corrected chi connectivity index (χ4v) is 3.69. The minimum atomic E-state index is -3.93. The number of methoxy groups -OCH3 is 1. The van der Waals surface area contributed by atoms with Crippen LogP contribution in [0.4, 0.5) is 21.8 Å². The minimum Gasteiger partial charge on any atom is -0.495 e. The summed E-state index contributed by atoms with van der Waals surface area (Å²) in [4.78, 5) is 3.97. The molecular weight excluding hydrogens is 411 g/mol. The van der Waals surface area contributed by atoms with Crippen molar-refractivity contribution in [1.82, 2.24) is 19.9 Å². The molecule has 3 N–H and O–H groups in total. The van der Waals surface area contributed by atoms with Crippen molar-refractivity contribution < 1.29 is 17.5 Å². The summed E-state index contributed by atoms with van der Waals surface area (Å²) in [7, 11) is -2.61. The van der Waals surface area contributed by atoms with Crippen molar-refractivity contribution in [3.05, 3.63) is 60.0 Å². The zero-order chi connectivity index (χ0) is 21.6. The number of nitrogens with zero attached hydrogens (tertiary/aromatic N) is 3. The molecule has 0 aliphatic heterocycles. The molecular formula is C19H21FN6O3S. The Morgan fingerprint density at radius 3 is 2.40 bits per heavy atom. The Morgan fingerprint density at radius 2 is 1.73 bits per heavy atom. The normalized spacial score (nSPS) is 11.2. The molecule has 0 saturated carbocycles. The Hall–Kier alpha value is -3.31. The topological polar surface area (TPSA) is 118 Å². The Labute approximate surface area is 173 Å². The van der Waals surface area contributed by atoms with E-state index in [9.17, 15) is 12.8 Å². The first-order valence-corrected chi connectivity index (χ1v) is 10.5. The first-order chi connectivity index (χ1) is 14.4. The SMILES string of the molecule is COc1ccc(F)cc1S(=O)(=O)NCCNc1ccc(Nc2ccc(C)cn2)nn1. The Bertz CT molecular complexity index is 1090. The molecule has 0 unspecified atom stereocenters. The second kappa shape index (κ2) is 9.46. The number of pyridine rings is 1. The van der Waals surface area contributed by atoms with Gasteiger partial charge in [0, 0.05) is 19.3 Å². The van der Waals surface area contributed by atoms with Crippen LogP contribution in [0, 0.1) is 12.7 Å². The molecule has 0 saturated heterocycles. The Balaban J connectivity index is 1.51. The summed E-state index contributed by atoms with van der Waals surface area (Å²) in [5.74, 6) is 1.04. The fraction of sp³-hybridized carbons (Fsp3) is 0.211. The average molecular weight is 432 g/mol. The van der Waals surface area contributed by atoms with Gasteiger partial charge in [-0.2, -0.15) is 0 Å². The molecule has 0 fully saturated rings. The van der Waals surface area contributed by atoms with Gasteiger partial charge in [-0.3, -0.25) is 0 Å². The minimum absolute atomic E-state index is 0.0525. The molecule has 0 atom stereocenters. The molecule has 30 heavy (non-hydrogen) atoms. The third-order valence-electron chi connectivity index (χ3n) is 3.97. The average Bonchev–Trinajstić information content (AvgIpc) is 2.74. The molecule has 0 radical (unpaired) electrons. The van der Waals surface area contributed by atoms with E-state index in [2.05, 4.69) is 30.5 Å². The highest BCUT2D eigenvalue weighted by molar-refractivity contribution is 7.89. The number of benzene rings is 1. The summed E-state index contributed by atoms with van der Waals surface area (Å²) < 4.78 is 45.6. The molecule has 0 spiro atoms. The van der Waals surface area contributed by atoms with Crippen molar-refractivity contribution in [2.75, 3.05) is 30.8 Å². The number of anilines is 3. The van der Waals surface area contributed by atoms with E-state index in [1.54, 1.807) is 18.3 Å². The third-order valence-corrected chi connectivity index (χ3v) is 5.45. The van der Waals surface area contributed by atoms with E-state index < -0.39 is 15.8 Å². The van der Waals surface area contributed by atoms with Gasteiger partial charge in [-0.05, 0) is 48.9 Å². The van der Waals surface area contributed by atoms with Crippen molar-refractivity contribution in [2.24, 2.45) is 0 Å². The summed E-state index contributed by atoms with van der Waals surface area (Å²) in [6, 6.07) is 10.5. The van der Waals surface area contributed by atoms with Crippen molar-refractivity contribution in [2.45, 2.75) is 11.8 Å². The van der Waals surface area contributed by atoms with E-state index in [4.69, 9.17) is 4.74 Å². The van der Waals surface area contributed by atoms with E-state index in [0.717, 1.165) is 17.7 Å². The molecule has 9 nitrogen and oxygen atoms in total. The number of hydrogen-bond donors (Lipinski definition) is 3. The third kappa shape index (κ3) is 5.61. The first-order valence-electron chi connectivity index (χ1n) is 8.98. The molecule has 0 aliphatic carbocycles. The number of hydrogen-bond acceptors (Lipinski definition) is 8. The lowest BCUT2D eigenvalue weighted by molar-refractivity contribution is 0.400. The summed E-state index contributed by atoms with van der Waals surface area (Å²) in [6.07, 6.45) is 1.74. The number of nitrogens with one attached hydrogen (secondary N) is 3. The van der Waals surface area contributed by atoms with Crippen LogP contribution in [0.2, 0.25) is 0 Å². The van der Waals surface area contributed by atoms with E-state index >= 15 is 0 Å². The molecule has 3 rings (SSSR count). The highest BCUT2D eigenvalue weighted by atomic mass is 32.2. The van der Waals surface area contributed by atoms with Crippen molar-refractivity contribution in [1.29, 1.82) is 0 Å². The molecule has 0 aliphatic rings. The van der Waals surface area contributed by atoms with Crippen LogP contribution in [0.15, 0.2) is 53.6 Å². The number of sulfonamides is 1. The Kier molecular flexibility index (Phi) is 6.75. The van der Waals surface area contributed by atoms with Gasteiger partial charge in [0.05, 0.1) is 7.11 Å². The lowest BCUT2D eigenvalue weighted by atomic mass is 10.3. The lowest BCUT2D eigenvalue weighted by Gasteiger charge is -2.11. The van der Waals surface area contributed by atoms with E-state index in [-0.39, 0.29) is 23.7 Å². The van der Waals surface area contributed by atoms with Crippen LogP contribution >= 0.6 is 0 Å². The second-order valence-electron chi connectivity index (χ2n) is 6.27. The van der Waals surface area contributed by atoms with Crippen molar-refractivity contribution >= 4 is 27.5 Å². The zero-order valence-corrected chi connectivity index (χ0v) is 17.2. The van der Waals surface area contributed by atoms with Crippen LogP contribution in [0.5, 0.6) is 5.75 Å². The van der Waals surface area contributed by atoms with E-state index in [1.165, 1.54) is 13.2 Å². The van der Waals surface area contributed by atoms with Crippen molar-refractivity contribution in [3.8, 4) is 5.75 Å². The zero-order valence-electron chi connectivity index (χ0n) is 16.4. The second-order valence-corrected chi connectivity index (χ2v) is 8.00. The van der Waals surface area contributed by atoms with Gasteiger partial charge in [-0.15, -0.1) is 10.2 Å². The van der Waals surface area contributed by atoms with Crippen LogP contribution in [-0.4, -0.2) is 43.8 Å². The largest absolute Gasteiger partial charge is 0.495 e. The van der Waals surface area contributed by atoms with Gasteiger partial charge in [-0.25, -0.2) is 22.5 Å². The number of aromatic nitrogens is 3. The summed E-state index contributed by atoms with van der Waals surface area (Å²) in [5.41, 5.74) is 1.05. The van der Waals surface area contributed by atoms with Gasteiger partial charge in [0.1, 0.15) is 28.1 Å². The van der Waals surface area contributed by atoms with Gasteiger partial charge < -0.3 is 15.4 Å². The highest BCUT2D eigenvalue weighted by Gasteiger charge is 2.19. The maximum Gasteiger partial charge on any atom is 0.244 e. The molecule has 158 valence electrons. The Morgan fingerprint density at radius 1 is 1.00 bits per heavy atom. The van der Waals surface area contributed by atoms with Gasteiger partial charge >= 0.3 is 0 Å². The van der Waals surface area contributed by atoms with E-state index in [1.807, 2.05) is 19.1 Å². The maximum absolute atomic E-state index is 13.4. The monoisotopic (exact) mass is 432 g/mol. The first kappa shape index (κ1) is 21.4. The molecule has 1 aromatic carbocycles. The molecule has 2 aromatic heterocycles. The standard InChI is InChI=1S/C19H21FN6O3S/c1-13-3-6-17(22-12-13)24-19-8-7-18(25-26-19)21-9-10-23-30(27,28)16-11-14(20)4-5-15(16)29-2/h3-8,11-12,23H,9-10H2,1-2H3,(H,21,25)(H,22,24,26). The van der Waals surface area contributed by atoms with Gasteiger partial charge in [-0.1, -0.05) is 6.07 Å². The molecule has 0 bridgehead atoms. The van der Waals surface area contributed by atoms with Crippen LogP contribution in [-0.2, 0) is 10.0 Å². The highest BCUT2D eigenvalue weighted by Crippen LogP contribution is 2.24. The summed E-state index contributed by atoms with van der Waals surface area (Å²) in [6.45, 7) is 2.25. The molecule has 3 aromatic rings. The smallest absolute Gasteiger partial charge is 0.244 e. The summed E-state index contributed by atoms with van der Waals surface area (Å²) >= 11 is 0. The van der Waals surface area contributed by atoms with Crippen LogP contribution in [0.3, 0.4) is 0 Å². The lowest BCUT2D eigenvalue weighted by Crippen LogP contribution is -2.29.